The molecule has 5 rings (SSSR count). The summed E-state index contributed by atoms with van der Waals surface area (Å²) >= 11 is 1.44. The van der Waals surface area contributed by atoms with Crippen LogP contribution in [0.4, 0.5) is 0 Å². The Bertz CT molecular complexity index is 1230. The second-order valence-corrected chi connectivity index (χ2v) is 9.84. The first kappa shape index (κ1) is 24.5. The van der Waals surface area contributed by atoms with Gasteiger partial charge in [0.15, 0.2) is 0 Å². The molecule has 10 nitrogen and oxygen atoms in total. The molecule has 2 fully saturated rings. The Labute approximate surface area is 214 Å². The van der Waals surface area contributed by atoms with E-state index >= 15 is 0 Å². The summed E-state index contributed by atoms with van der Waals surface area (Å²) in [6.45, 7) is 4.87. The third kappa shape index (κ3) is 5.31. The molecule has 2 aromatic heterocycles. The van der Waals surface area contributed by atoms with Crippen molar-refractivity contribution in [1.29, 1.82) is 0 Å². The average Bonchev–Trinajstić information content (AvgIpc) is 3.35. The minimum atomic E-state index is -0.241. The number of carbonyl (C=O) groups excluding carboxylic acids is 2. The number of nitrogens with zero attached hydrogens (tertiary/aromatic N) is 6. The molecule has 0 N–H and O–H groups in total. The van der Waals surface area contributed by atoms with Crippen molar-refractivity contribution >= 4 is 29.4 Å². The number of aromatic nitrogens is 4. The highest BCUT2D eigenvalue weighted by atomic mass is 32.2. The number of amides is 2. The average molecular weight is 511 g/mol. The second kappa shape index (κ2) is 10.8. The number of hydrogen-bond donors (Lipinski definition) is 0. The smallest absolute Gasteiger partial charge is 0.256 e. The number of hydrogen-bond acceptors (Lipinski definition) is 8. The predicted molar refractivity (Wildman–Crippen MR) is 134 cm³/mol. The number of fused-ring (bicyclic) bond motifs is 1. The van der Waals surface area contributed by atoms with Gasteiger partial charge in [0.1, 0.15) is 12.7 Å². The summed E-state index contributed by atoms with van der Waals surface area (Å²) in [6, 6.07) is 11.1. The highest BCUT2D eigenvalue weighted by Gasteiger charge is 2.33. The van der Waals surface area contributed by atoms with Crippen molar-refractivity contribution < 1.29 is 19.1 Å². The van der Waals surface area contributed by atoms with E-state index in [9.17, 15) is 9.59 Å². The van der Waals surface area contributed by atoms with Crippen LogP contribution in [0, 0.1) is 12.8 Å². The molecule has 0 radical (unpaired) electrons. The molecule has 36 heavy (non-hydrogen) atoms. The topological polar surface area (TPSA) is 102 Å². The van der Waals surface area contributed by atoms with Crippen molar-refractivity contribution in [2.75, 3.05) is 45.6 Å². The molecule has 2 aliphatic rings. The van der Waals surface area contributed by atoms with Gasteiger partial charge in [0.2, 0.25) is 16.9 Å². The first-order chi connectivity index (χ1) is 17.5. The highest BCUT2D eigenvalue weighted by molar-refractivity contribution is 7.98. The van der Waals surface area contributed by atoms with Crippen molar-refractivity contribution in [3.05, 3.63) is 47.7 Å². The molecule has 4 heterocycles. The Morgan fingerprint density at radius 3 is 2.64 bits per heavy atom. The van der Waals surface area contributed by atoms with Crippen LogP contribution in [-0.2, 0) is 9.53 Å². The molecule has 1 aromatic carbocycles. The minimum Gasteiger partial charge on any atom is -0.475 e. The SMILES string of the molecule is CSc1nc2nc(C)cc(OCC3CN(C(=O)C4CCN(C(=O)c5ccccc5)CC4)CCO3)n2n1. The quantitative estimate of drug-likeness (QED) is 0.466. The summed E-state index contributed by atoms with van der Waals surface area (Å²) in [5.74, 6) is 1.13. The van der Waals surface area contributed by atoms with E-state index in [4.69, 9.17) is 9.47 Å². The zero-order chi connectivity index (χ0) is 25.1. The normalized spacial score (nSPS) is 19.0. The molecule has 0 spiro atoms. The van der Waals surface area contributed by atoms with Gasteiger partial charge in [-0.25, -0.2) is 4.98 Å². The second-order valence-electron chi connectivity index (χ2n) is 9.07. The molecule has 2 saturated heterocycles. The Kier molecular flexibility index (Phi) is 7.38. The Morgan fingerprint density at radius 1 is 1.11 bits per heavy atom. The van der Waals surface area contributed by atoms with Gasteiger partial charge >= 0.3 is 0 Å². The van der Waals surface area contributed by atoms with E-state index in [1.165, 1.54) is 11.8 Å². The van der Waals surface area contributed by atoms with Crippen LogP contribution < -0.4 is 4.74 Å². The van der Waals surface area contributed by atoms with Crippen LogP contribution in [0.25, 0.3) is 5.78 Å². The third-order valence-electron chi connectivity index (χ3n) is 6.59. The van der Waals surface area contributed by atoms with Gasteiger partial charge in [-0.3, -0.25) is 9.59 Å². The molecule has 0 bridgehead atoms. The monoisotopic (exact) mass is 510 g/mol. The van der Waals surface area contributed by atoms with Crippen LogP contribution in [0.1, 0.15) is 28.9 Å². The van der Waals surface area contributed by atoms with E-state index in [0.717, 1.165) is 5.69 Å². The van der Waals surface area contributed by atoms with E-state index in [-0.39, 0.29) is 23.8 Å². The van der Waals surface area contributed by atoms with Gasteiger partial charge < -0.3 is 19.3 Å². The highest BCUT2D eigenvalue weighted by Crippen LogP contribution is 2.23. The number of ether oxygens (including phenoxy) is 2. The lowest BCUT2D eigenvalue weighted by Crippen LogP contribution is -2.51. The van der Waals surface area contributed by atoms with Crippen molar-refractivity contribution in [2.24, 2.45) is 5.92 Å². The summed E-state index contributed by atoms with van der Waals surface area (Å²) in [6.07, 6.45) is 3.02. The number of piperidine rings is 1. The largest absolute Gasteiger partial charge is 0.475 e. The van der Waals surface area contributed by atoms with E-state index in [1.54, 1.807) is 4.52 Å². The summed E-state index contributed by atoms with van der Waals surface area (Å²) in [7, 11) is 0. The summed E-state index contributed by atoms with van der Waals surface area (Å²) in [4.78, 5) is 38.5. The van der Waals surface area contributed by atoms with E-state index in [1.807, 2.05) is 59.4 Å². The van der Waals surface area contributed by atoms with Gasteiger partial charge in [-0.15, -0.1) is 5.10 Å². The summed E-state index contributed by atoms with van der Waals surface area (Å²) in [5.41, 5.74) is 1.48. The molecular weight excluding hydrogens is 480 g/mol. The van der Waals surface area contributed by atoms with Crippen LogP contribution in [-0.4, -0.2) is 92.9 Å². The molecule has 0 saturated carbocycles. The Morgan fingerprint density at radius 2 is 1.89 bits per heavy atom. The van der Waals surface area contributed by atoms with Gasteiger partial charge in [-0.05, 0) is 38.2 Å². The molecule has 2 amide bonds. The van der Waals surface area contributed by atoms with Gasteiger partial charge in [0.05, 0.1) is 13.2 Å². The molecule has 190 valence electrons. The van der Waals surface area contributed by atoms with E-state index < -0.39 is 0 Å². The van der Waals surface area contributed by atoms with Crippen LogP contribution >= 0.6 is 11.8 Å². The van der Waals surface area contributed by atoms with Gasteiger partial charge in [0.25, 0.3) is 11.7 Å². The zero-order valence-electron chi connectivity index (χ0n) is 20.5. The first-order valence-corrected chi connectivity index (χ1v) is 13.4. The fourth-order valence-corrected chi connectivity index (χ4v) is 5.01. The maximum Gasteiger partial charge on any atom is 0.256 e. The van der Waals surface area contributed by atoms with E-state index in [0.29, 0.717) is 74.6 Å². The van der Waals surface area contributed by atoms with Gasteiger partial charge in [0, 0.05) is 42.9 Å². The van der Waals surface area contributed by atoms with Crippen molar-refractivity contribution in [3.8, 4) is 5.88 Å². The molecule has 11 heteroatoms. The summed E-state index contributed by atoms with van der Waals surface area (Å²) < 4.78 is 13.5. The van der Waals surface area contributed by atoms with Crippen LogP contribution in [0.15, 0.2) is 41.6 Å². The number of carbonyl (C=O) groups is 2. The molecule has 3 aromatic rings. The van der Waals surface area contributed by atoms with Crippen LogP contribution in [0.5, 0.6) is 5.88 Å². The molecule has 2 aliphatic heterocycles. The number of benzene rings is 1. The Hall–Kier alpha value is -3.18. The van der Waals surface area contributed by atoms with Crippen LogP contribution in [0.3, 0.4) is 0 Å². The zero-order valence-corrected chi connectivity index (χ0v) is 21.3. The predicted octanol–water partition coefficient (Wildman–Crippen LogP) is 2.31. The lowest BCUT2D eigenvalue weighted by molar-refractivity contribution is -0.145. The summed E-state index contributed by atoms with van der Waals surface area (Å²) in [5, 5.41) is 5.05. The molecular formula is C25H30N6O4S. The van der Waals surface area contributed by atoms with E-state index in [2.05, 4.69) is 15.1 Å². The maximum atomic E-state index is 13.3. The molecule has 1 unspecified atom stereocenters. The Balaban J connectivity index is 1.15. The first-order valence-electron chi connectivity index (χ1n) is 12.2. The number of likely N-dealkylation sites (tertiary alicyclic amines) is 1. The van der Waals surface area contributed by atoms with Gasteiger partial charge in [-0.2, -0.15) is 9.50 Å². The standard InChI is InChI=1S/C25H30N6O4S/c1-17-14-21(31-24(26-17)27-25(28-31)36-2)35-16-20-15-30(12-13-34-20)23(33)19-8-10-29(11-9-19)22(32)18-6-4-3-5-7-18/h3-7,14,19-20H,8-13,15-16H2,1-2H3. The third-order valence-corrected chi connectivity index (χ3v) is 7.13. The molecule has 1 atom stereocenters. The van der Waals surface area contributed by atoms with Crippen molar-refractivity contribution in [1.82, 2.24) is 29.4 Å². The fourth-order valence-electron chi connectivity index (χ4n) is 4.67. The minimum absolute atomic E-state index is 0.0302. The maximum absolute atomic E-state index is 13.3. The molecule has 0 aliphatic carbocycles. The van der Waals surface area contributed by atoms with Crippen molar-refractivity contribution in [2.45, 2.75) is 31.0 Å². The van der Waals surface area contributed by atoms with Gasteiger partial charge in [-0.1, -0.05) is 30.0 Å². The van der Waals surface area contributed by atoms with Crippen molar-refractivity contribution in [3.63, 3.8) is 0 Å². The number of morpholine rings is 1. The van der Waals surface area contributed by atoms with Crippen LogP contribution in [0.2, 0.25) is 0 Å². The fraction of sp³-hybridized carbons (Fsp3) is 0.480. The number of aryl methyl sites for hydroxylation is 1. The number of thioether (sulfide) groups is 1. The number of rotatable bonds is 6. The lowest BCUT2D eigenvalue weighted by Gasteiger charge is -2.37. The lowest BCUT2D eigenvalue weighted by atomic mass is 9.94.